The summed E-state index contributed by atoms with van der Waals surface area (Å²) in [5.74, 6) is -0.849. The van der Waals surface area contributed by atoms with Crippen molar-refractivity contribution in [2.45, 2.75) is 419 Å². The van der Waals surface area contributed by atoms with Gasteiger partial charge in [-0.2, -0.15) is 0 Å². The molecule has 0 bridgehead atoms. The van der Waals surface area contributed by atoms with E-state index in [4.69, 9.17) is 14.2 Å². The molecule has 0 heterocycles. The summed E-state index contributed by atoms with van der Waals surface area (Å²) in [5, 5.41) is 0. The van der Waals surface area contributed by atoms with E-state index in [1.54, 1.807) is 0 Å². The molecule has 0 saturated heterocycles. The normalized spacial score (nSPS) is 12.0. The average Bonchev–Trinajstić information content (AvgIpc) is 3.44. The van der Waals surface area contributed by atoms with Gasteiger partial charge in [0.15, 0.2) is 6.10 Å². The van der Waals surface area contributed by atoms with Crippen LogP contribution in [0.5, 0.6) is 0 Å². The lowest BCUT2D eigenvalue weighted by atomic mass is 10.0. The Morgan fingerprint density at radius 2 is 0.423 bits per heavy atom. The number of allylic oxidation sites excluding steroid dienone is 2. The minimum absolute atomic E-state index is 0.0654. The predicted octanol–water partition coefficient (Wildman–Crippen LogP) is 24.4. The van der Waals surface area contributed by atoms with Gasteiger partial charge in [-0.1, -0.05) is 360 Å². The zero-order valence-corrected chi connectivity index (χ0v) is 53.2. The first kappa shape index (κ1) is 76.1. The van der Waals surface area contributed by atoms with Gasteiger partial charge in [-0.25, -0.2) is 0 Å². The highest BCUT2D eigenvalue weighted by Crippen LogP contribution is 2.19. The molecular formula is C72H138O6. The van der Waals surface area contributed by atoms with Gasteiger partial charge in [0.2, 0.25) is 0 Å². The molecule has 0 rings (SSSR count). The summed E-state index contributed by atoms with van der Waals surface area (Å²) in [5.41, 5.74) is 0. The summed E-state index contributed by atoms with van der Waals surface area (Å²) >= 11 is 0. The van der Waals surface area contributed by atoms with E-state index in [9.17, 15) is 14.4 Å². The molecule has 0 radical (unpaired) electrons. The van der Waals surface area contributed by atoms with Crippen molar-refractivity contribution in [1.82, 2.24) is 0 Å². The number of carbonyl (C=O) groups is 3. The summed E-state index contributed by atoms with van der Waals surface area (Å²) in [7, 11) is 0. The van der Waals surface area contributed by atoms with Crippen molar-refractivity contribution in [3.63, 3.8) is 0 Å². The summed E-state index contributed by atoms with van der Waals surface area (Å²) in [6, 6.07) is 0. The maximum atomic E-state index is 12.9. The van der Waals surface area contributed by atoms with Crippen molar-refractivity contribution in [2.75, 3.05) is 13.2 Å². The summed E-state index contributed by atoms with van der Waals surface area (Å²) < 4.78 is 16.9. The van der Waals surface area contributed by atoms with Gasteiger partial charge < -0.3 is 14.2 Å². The van der Waals surface area contributed by atoms with Crippen LogP contribution in [0.3, 0.4) is 0 Å². The standard InChI is InChI=1S/C72H138O6/c1-4-7-10-13-16-18-20-22-24-26-28-30-31-32-33-34-35-36-37-38-39-40-41-43-44-46-48-50-52-54-56-59-62-65-71(74)77-68-69(67-76-70(73)64-61-58-15-12-9-6-3)78-72(75)66-63-60-57-55-53-51-49-47-45-42-29-27-25-23-21-19-17-14-11-8-5-2/h27,29,69H,4-26,28,30-68H2,1-3H3/b29-27-. The highest BCUT2D eigenvalue weighted by molar-refractivity contribution is 5.71. The number of carbonyl (C=O) groups excluding carboxylic acids is 3. The summed E-state index contributed by atoms with van der Waals surface area (Å²) in [6.45, 7) is 6.66. The first-order chi connectivity index (χ1) is 38.5. The van der Waals surface area contributed by atoms with Crippen LogP contribution >= 0.6 is 0 Å². The van der Waals surface area contributed by atoms with Crippen LogP contribution in [0.1, 0.15) is 412 Å². The number of esters is 3. The van der Waals surface area contributed by atoms with E-state index < -0.39 is 6.10 Å². The Balaban J connectivity index is 3.91. The molecule has 78 heavy (non-hydrogen) atoms. The molecule has 0 fully saturated rings. The van der Waals surface area contributed by atoms with E-state index in [-0.39, 0.29) is 31.1 Å². The van der Waals surface area contributed by atoms with Crippen molar-refractivity contribution in [3.8, 4) is 0 Å². The average molecular weight is 1100 g/mol. The molecule has 0 aliphatic carbocycles. The van der Waals surface area contributed by atoms with Crippen LogP contribution in [0.25, 0.3) is 0 Å². The zero-order valence-electron chi connectivity index (χ0n) is 53.2. The van der Waals surface area contributed by atoms with Gasteiger partial charge in [0.25, 0.3) is 0 Å². The molecule has 6 nitrogen and oxygen atoms in total. The lowest BCUT2D eigenvalue weighted by Gasteiger charge is -2.18. The van der Waals surface area contributed by atoms with Crippen LogP contribution in [0.15, 0.2) is 12.2 Å². The van der Waals surface area contributed by atoms with E-state index in [1.807, 2.05) is 0 Å². The lowest BCUT2D eigenvalue weighted by Crippen LogP contribution is -2.30. The summed E-state index contributed by atoms with van der Waals surface area (Å²) in [6.07, 6.45) is 81.6. The Bertz CT molecular complexity index is 1210. The van der Waals surface area contributed by atoms with E-state index in [0.717, 1.165) is 57.8 Å². The maximum absolute atomic E-state index is 12.9. The monoisotopic (exact) mass is 1100 g/mol. The first-order valence-electron chi connectivity index (χ1n) is 35.7. The van der Waals surface area contributed by atoms with Crippen molar-refractivity contribution >= 4 is 17.9 Å². The molecule has 1 unspecified atom stereocenters. The van der Waals surface area contributed by atoms with Crippen LogP contribution < -0.4 is 0 Å². The molecule has 1 atom stereocenters. The highest BCUT2D eigenvalue weighted by Gasteiger charge is 2.19. The minimum atomic E-state index is -0.765. The number of hydrogen-bond acceptors (Lipinski definition) is 6. The van der Waals surface area contributed by atoms with Crippen LogP contribution in [-0.2, 0) is 28.6 Å². The SMILES string of the molecule is CCCCCCCCCC/C=C\CCCCCCCCCCCC(=O)OC(COC(=O)CCCCCCCC)COC(=O)CCCCCCCCCCCCCCCCCCCCCCCCCCCCCCCCCCC. The molecular weight excluding hydrogens is 961 g/mol. The number of ether oxygens (including phenoxy) is 3. The Morgan fingerprint density at radius 3 is 0.641 bits per heavy atom. The van der Waals surface area contributed by atoms with E-state index in [0.29, 0.717) is 19.3 Å². The molecule has 0 spiro atoms. The smallest absolute Gasteiger partial charge is 0.306 e. The largest absolute Gasteiger partial charge is 0.462 e. The minimum Gasteiger partial charge on any atom is -0.462 e. The number of rotatable bonds is 67. The van der Waals surface area contributed by atoms with Crippen LogP contribution in [0.2, 0.25) is 0 Å². The van der Waals surface area contributed by atoms with E-state index >= 15 is 0 Å². The Hall–Kier alpha value is -1.85. The second-order valence-electron chi connectivity index (χ2n) is 24.5. The second-order valence-corrected chi connectivity index (χ2v) is 24.5. The fraction of sp³-hybridized carbons (Fsp3) is 0.931. The second kappa shape index (κ2) is 67.7. The Labute approximate surface area is 488 Å². The molecule has 462 valence electrons. The van der Waals surface area contributed by atoms with Crippen molar-refractivity contribution in [1.29, 1.82) is 0 Å². The van der Waals surface area contributed by atoms with Crippen molar-refractivity contribution < 1.29 is 28.6 Å². The molecule has 0 N–H and O–H groups in total. The molecule has 0 aliphatic heterocycles. The molecule has 6 heteroatoms. The fourth-order valence-electron chi connectivity index (χ4n) is 11.2. The molecule has 0 aromatic heterocycles. The third-order valence-electron chi connectivity index (χ3n) is 16.5. The lowest BCUT2D eigenvalue weighted by molar-refractivity contribution is -0.167. The van der Waals surface area contributed by atoms with E-state index in [2.05, 4.69) is 32.9 Å². The van der Waals surface area contributed by atoms with Crippen molar-refractivity contribution in [2.24, 2.45) is 0 Å². The fourth-order valence-corrected chi connectivity index (χ4v) is 11.2. The van der Waals surface area contributed by atoms with Gasteiger partial charge in [-0.15, -0.1) is 0 Å². The summed E-state index contributed by atoms with van der Waals surface area (Å²) in [4.78, 5) is 38.1. The quantitative estimate of drug-likeness (QED) is 0.0261. The van der Waals surface area contributed by atoms with Gasteiger partial charge in [0, 0.05) is 19.3 Å². The Kier molecular flexibility index (Phi) is 66.0. The zero-order chi connectivity index (χ0) is 56.4. The molecule has 0 saturated carbocycles. The third kappa shape index (κ3) is 65.0. The van der Waals surface area contributed by atoms with Crippen LogP contribution in [0.4, 0.5) is 0 Å². The van der Waals surface area contributed by atoms with Gasteiger partial charge in [-0.05, 0) is 44.9 Å². The highest BCUT2D eigenvalue weighted by atomic mass is 16.6. The number of hydrogen-bond donors (Lipinski definition) is 0. The topological polar surface area (TPSA) is 78.9 Å². The molecule has 0 amide bonds. The maximum Gasteiger partial charge on any atom is 0.306 e. The van der Waals surface area contributed by atoms with Crippen LogP contribution in [0, 0.1) is 0 Å². The predicted molar refractivity (Wildman–Crippen MR) is 340 cm³/mol. The third-order valence-corrected chi connectivity index (χ3v) is 16.5. The first-order valence-corrected chi connectivity index (χ1v) is 35.7. The van der Waals surface area contributed by atoms with E-state index in [1.165, 1.54) is 315 Å². The Morgan fingerprint density at radius 1 is 0.244 bits per heavy atom. The van der Waals surface area contributed by atoms with Crippen molar-refractivity contribution in [3.05, 3.63) is 12.2 Å². The van der Waals surface area contributed by atoms with Gasteiger partial charge in [0.05, 0.1) is 0 Å². The molecule has 0 aliphatic rings. The van der Waals surface area contributed by atoms with Gasteiger partial charge >= 0.3 is 17.9 Å². The molecule has 0 aromatic carbocycles. The molecule has 0 aromatic rings. The van der Waals surface area contributed by atoms with Gasteiger partial charge in [-0.3, -0.25) is 14.4 Å². The van der Waals surface area contributed by atoms with Gasteiger partial charge in [0.1, 0.15) is 13.2 Å². The number of unbranched alkanes of at least 4 members (excludes halogenated alkanes) is 54. The van der Waals surface area contributed by atoms with Crippen LogP contribution in [-0.4, -0.2) is 37.2 Å².